The Hall–Kier alpha value is -3.44. The highest BCUT2D eigenvalue weighted by Crippen LogP contribution is 2.36. The van der Waals surface area contributed by atoms with E-state index in [0.717, 1.165) is 11.8 Å². The van der Waals surface area contributed by atoms with E-state index in [-0.39, 0.29) is 0 Å². The van der Waals surface area contributed by atoms with Crippen molar-refractivity contribution in [3.8, 4) is 11.6 Å². The Balaban J connectivity index is 1.79. The lowest BCUT2D eigenvalue weighted by molar-refractivity contribution is -0.106. The van der Waals surface area contributed by atoms with Crippen molar-refractivity contribution in [2.75, 3.05) is 4.90 Å². The van der Waals surface area contributed by atoms with Crippen molar-refractivity contribution < 1.29 is 9.53 Å². The zero-order valence-electron chi connectivity index (χ0n) is 14.1. The van der Waals surface area contributed by atoms with E-state index in [1.807, 2.05) is 30.3 Å². The largest absolute Gasteiger partial charge is 0.437 e. The highest BCUT2D eigenvalue weighted by molar-refractivity contribution is 6.30. The minimum atomic E-state index is 0.305. The Kier molecular flexibility index (Phi) is 4.68. The first-order valence-corrected chi connectivity index (χ1v) is 8.61. The summed E-state index contributed by atoms with van der Waals surface area (Å²) in [4.78, 5) is 22.2. The van der Waals surface area contributed by atoms with Crippen molar-refractivity contribution >= 4 is 40.3 Å². The maximum atomic E-state index is 12.0. The molecule has 132 valence electrons. The molecule has 0 atom stereocenters. The molecule has 6 heteroatoms. The first-order valence-electron chi connectivity index (χ1n) is 8.23. The van der Waals surface area contributed by atoms with Crippen LogP contribution in [-0.2, 0) is 4.79 Å². The van der Waals surface area contributed by atoms with Crippen molar-refractivity contribution in [3.05, 3.63) is 84.1 Å². The molecule has 1 amide bonds. The first-order chi connectivity index (χ1) is 13.3. The van der Waals surface area contributed by atoms with Gasteiger partial charge in [-0.15, -0.1) is 0 Å². The summed E-state index contributed by atoms with van der Waals surface area (Å²) < 4.78 is 5.89. The van der Waals surface area contributed by atoms with Crippen LogP contribution < -0.4 is 9.64 Å². The standard InChI is InChI=1S/C21H14ClN3O2/c22-16-8-10-17(11-9-16)27-21-19(7-3-13-24-21)25(14-26)18-6-1-4-15-5-2-12-23-20(15)18/h1-14H. The van der Waals surface area contributed by atoms with Gasteiger partial charge in [0.05, 0.1) is 11.2 Å². The van der Waals surface area contributed by atoms with Crippen molar-refractivity contribution in [1.29, 1.82) is 0 Å². The third-order valence-corrected chi connectivity index (χ3v) is 4.27. The van der Waals surface area contributed by atoms with Gasteiger partial charge in [0, 0.05) is 22.8 Å². The number of ether oxygens (including phenoxy) is 1. The average molecular weight is 376 g/mol. The third kappa shape index (κ3) is 3.45. The summed E-state index contributed by atoms with van der Waals surface area (Å²) in [6, 6.07) is 19.9. The Morgan fingerprint density at radius 1 is 0.852 bits per heavy atom. The van der Waals surface area contributed by atoms with E-state index < -0.39 is 0 Å². The van der Waals surface area contributed by atoms with E-state index in [2.05, 4.69) is 9.97 Å². The topological polar surface area (TPSA) is 55.3 Å². The molecule has 0 spiro atoms. The lowest BCUT2D eigenvalue weighted by Gasteiger charge is -2.21. The number of carbonyl (C=O) groups excluding carboxylic acids is 1. The number of fused-ring (bicyclic) bond motifs is 1. The minimum absolute atomic E-state index is 0.305. The molecule has 2 aromatic heterocycles. The molecular formula is C21H14ClN3O2. The van der Waals surface area contributed by atoms with E-state index in [1.54, 1.807) is 48.8 Å². The molecule has 5 nitrogen and oxygen atoms in total. The third-order valence-electron chi connectivity index (χ3n) is 4.02. The van der Waals surface area contributed by atoms with E-state index in [4.69, 9.17) is 16.3 Å². The summed E-state index contributed by atoms with van der Waals surface area (Å²) in [7, 11) is 0. The van der Waals surface area contributed by atoms with E-state index >= 15 is 0 Å². The lowest BCUT2D eigenvalue weighted by Crippen LogP contribution is -2.16. The number of hydrogen-bond acceptors (Lipinski definition) is 4. The minimum Gasteiger partial charge on any atom is -0.437 e. The van der Waals surface area contributed by atoms with E-state index in [9.17, 15) is 4.79 Å². The Labute approximate surface area is 160 Å². The number of pyridine rings is 2. The molecule has 0 saturated heterocycles. The van der Waals surface area contributed by atoms with E-state index in [1.165, 1.54) is 4.90 Å². The molecule has 4 aromatic rings. The Morgan fingerprint density at radius 3 is 2.37 bits per heavy atom. The molecule has 0 aliphatic heterocycles. The van der Waals surface area contributed by atoms with Crippen molar-refractivity contribution in [1.82, 2.24) is 9.97 Å². The maximum Gasteiger partial charge on any atom is 0.243 e. The van der Waals surface area contributed by atoms with Crippen molar-refractivity contribution in [2.45, 2.75) is 0 Å². The molecular weight excluding hydrogens is 362 g/mol. The van der Waals surface area contributed by atoms with E-state index in [0.29, 0.717) is 33.5 Å². The maximum absolute atomic E-state index is 12.0. The van der Waals surface area contributed by atoms with Crippen LogP contribution in [-0.4, -0.2) is 16.4 Å². The van der Waals surface area contributed by atoms with Crippen LogP contribution in [0.5, 0.6) is 11.6 Å². The molecule has 27 heavy (non-hydrogen) atoms. The monoisotopic (exact) mass is 375 g/mol. The van der Waals surface area contributed by atoms with Crippen LogP contribution in [0.2, 0.25) is 5.02 Å². The fraction of sp³-hybridized carbons (Fsp3) is 0. The molecule has 0 aliphatic carbocycles. The summed E-state index contributed by atoms with van der Waals surface area (Å²) in [6.45, 7) is 0. The quantitative estimate of drug-likeness (QED) is 0.440. The van der Waals surface area contributed by atoms with Gasteiger partial charge in [-0.05, 0) is 48.5 Å². The molecule has 2 heterocycles. The predicted octanol–water partition coefficient (Wildman–Crippen LogP) is 5.37. The number of carbonyl (C=O) groups is 1. The second-order valence-electron chi connectivity index (χ2n) is 5.71. The number of benzene rings is 2. The predicted molar refractivity (Wildman–Crippen MR) is 106 cm³/mol. The molecule has 0 aliphatic rings. The molecule has 0 bridgehead atoms. The number of hydrogen-bond donors (Lipinski definition) is 0. The second kappa shape index (κ2) is 7.43. The zero-order chi connectivity index (χ0) is 18.6. The highest BCUT2D eigenvalue weighted by Gasteiger charge is 2.18. The SMILES string of the molecule is O=CN(c1cccnc1Oc1ccc(Cl)cc1)c1cccc2cccnc12. The van der Waals surface area contributed by atoms with Crippen LogP contribution in [0.3, 0.4) is 0 Å². The molecule has 0 fully saturated rings. The number of nitrogens with zero attached hydrogens (tertiary/aromatic N) is 3. The summed E-state index contributed by atoms with van der Waals surface area (Å²) in [5.74, 6) is 0.876. The number of halogens is 1. The Bertz CT molecular complexity index is 1090. The molecule has 0 radical (unpaired) electrons. The number of rotatable bonds is 5. The van der Waals surface area contributed by atoms with Gasteiger partial charge in [-0.25, -0.2) is 4.98 Å². The second-order valence-corrected chi connectivity index (χ2v) is 6.15. The Morgan fingerprint density at radius 2 is 1.56 bits per heavy atom. The van der Waals surface area contributed by atoms with Crippen LogP contribution >= 0.6 is 11.6 Å². The van der Waals surface area contributed by atoms with Crippen LogP contribution in [0.25, 0.3) is 10.9 Å². The van der Waals surface area contributed by atoms with Gasteiger partial charge >= 0.3 is 0 Å². The van der Waals surface area contributed by atoms with Crippen LogP contribution in [0.15, 0.2) is 79.1 Å². The average Bonchev–Trinajstić information content (AvgIpc) is 2.72. The van der Waals surface area contributed by atoms with Gasteiger partial charge in [0.2, 0.25) is 12.3 Å². The number of aromatic nitrogens is 2. The van der Waals surface area contributed by atoms with Crippen molar-refractivity contribution in [3.63, 3.8) is 0 Å². The summed E-state index contributed by atoms with van der Waals surface area (Å²) in [6.07, 6.45) is 4.04. The fourth-order valence-electron chi connectivity index (χ4n) is 2.78. The van der Waals surface area contributed by atoms with Gasteiger partial charge in [-0.3, -0.25) is 14.7 Å². The number of anilines is 2. The summed E-state index contributed by atoms with van der Waals surface area (Å²) >= 11 is 5.92. The molecule has 0 unspecified atom stereocenters. The van der Waals surface area contributed by atoms with Gasteiger partial charge in [-0.2, -0.15) is 0 Å². The normalized spacial score (nSPS) is 10.6. The smallest absolute Gasteiger partial charge is 0.243 e. The van der Waals surface area contributed by atoms with Crippen LogP contribution in [0.1, 0.15) is 0 Å². The van der Waals surface area contributed by atoms with Gasteiger partial charge in [0.15, 0.2) is 0 Å². The highest BCUT2D eigenvalue weighted by atomic mass is 35.5. The van der Waals surface area contributed by atoms with Crippen molar-refractivity contribution in [2.24, 2.45) is 0 Å². The molecule has 4 rings (SSSR count). The summed E-state index contributed by atoms with van der Waals surface area (Å²) in [5, 5.41) is 1.55. The van der Waals surface area contributed by atoms with Gasteiger partial charge < -0.3 is 4.74 Å². The number of amides is 1. The summed E-state index contributed by atoms with van der Waals surface area (Å²) in [5.41, 5.74) is 1.88. The van der Waals surface area contributed by atoms with Gasteiger partial charge in [0.25, 0.3) is 0 Å². The van der Waals surface area contributed by atoms with Gasteiger partial charge in [-0.1, -0.05) is 29.8 Å². The van der Waals surface area contributed by atoms with Crippen LogP contribution in [0.4, 0.5) is 11.4 Å². The van der Waals surface area contributed by atoms with Crippen LogP contribution in [0, 0.1) is 0 Å². The molecule has 0 N–H and O–H groups in total. The number of para-hydroxylation sites is 1. The molecule has 2 aromatic carbocycles. The lowest BCUT2D eigenvalue weighted by atomic mass is 10.1. The fourth-order valence-corrected chi connectivity index (χ4v) is 2.91. The molecule has 0 saturated carbocycles. The first kappa shape index (κ1) is 17.0. The van der Waals surface area contributed by atoms with Gasteiger partial charge in [0.1, 0.15) is 11.4 Å². The zero-order valence-corrected chi connectivity index (χ0v) is 14.9.